The van der Waals surface area contributed by atoms with Gasteiger partial charge < -0.3 is 9.64 Å². The molecule has 1 aromatic heterocycles. The smallest absolute Gasteiger partial charge is 0.410 e. The highest BCUT2D eigenvalue weighted by Crippen LogP contribution is 2.28. The van der Waals surface area contributed by atoms with Gasteiger partial charge in [0, 0.05) is 24.8 Å². The van der Waals surface area contributed by atoms with Crippen LogP contribution in [-0.4, -0.2) is 28.1 Å². The summed E-state index contributed by atoms with van der Waals surface area (Å²) in [6, 6.07) is 9.26. The number of aromatic nitrogens is 1. The molecule has 1 aromatic carbocycles. The molecule has 3 rings (SSSR count). The average molecular weight is 328 g/mol. The lowest BCUT2D eigenvalue weighted by atomic mass is 9.95. The molecule has 0 saturated carbocycles. The maximum Gasteiger partial charge on any atom is 0.410 e. The summed E-state index contributed by atoms with van der Waals surface area (Å²) < 4.78 is 19.3. The fourth-order valence-corrected chi connectivity index (χ4v) is 2.80. The average Bonchev–Trinajstić information content (AvgIpc) is 2.53. The number of carbonyl (C=O) groups excluding carboxylic acids is 1. The van der Waals surface area contributed by atoms with Crippen molar-refractivity contribution in [2.24, 2.45) is 0 Å². The summed E-state index contributed by atoms with van der Waals surface area (Å²) in [5.41, 5.74) is 3.01. The van der Waals surface area contributed by atoms with Gasteiger partial charge in [0.1, 0.15) is 5.60 Å². The lowest BCUT2D eigenvalue weighted by Crippen LogP contribution is -2.39. The first-order valence-corrected chi connectivity index (χ1v) is 8.04. The minimum Gasteiger partial charge on any atom is -0.444 e. The SMILES string of the molecule is CC(C)(C)OC(=O)N1CCc2cc(-c3cccnc3F)ccc2C1. The van der Waals surface area contributed by atoms with Crippen LogP contribution in [0.15, 0.2) is 36.5 Å². The molecule has 0 atom stereocenters. The summed E-state index contributed by atoms with van der Waals surface area (Å²) in [6.07, 6.45) is 1.87. The second kappa shape index (κ2) is 6.23. The maximum absolute atomic E-state index is 13.9. The first-order valence-electron chi connectivity index (χ1n) is 8.04. The second-order valence-corrected chi connectivity index (χ2v) is 6.98. The van der Waals surface area contributed by atoms with E-state index in [1.54, 1.807) is 17.0 Å². The van der Waals surface area contributed by atoms with Crippen LogP contribution in [0.3, 0.4) is 0 Å². The minimum absolute atomic E-state index is 0.296. The number of amides is 1. The number of hydrogen-bond acceptors (Lipinski definition) is 3. The molecule has 0 saturated heterocycles. The summed E-state index contributed by atoms with van der Waals surface area (Å²) in [5.74, 6) is -0.469. The summed E-state index contributed by atoms with van der Waals surface area (Å²) in [5, 5.41) is 0. The quantitative estimate of drug-likeness (QED) is 0.738. The van der Waals surface area contributed by atoms with Crippen molar-refractivity contribution in [1.82, 2.24) is 9.88 Å². The number of fused-ring (bicyclic) bond motifs is 1. The van der Waals surface area contributed by atoms with E-state index in [-0.39, 0.29) is 6.09 Å². The Hall–Kier alpha value is -2.43. The highest BCUT2D eigenvalue weighted by atomic mass is 19.1. The topological polar surface area (TPSA) is 42.4 Å². The molecule has 2 aromatic rings. The van der Waals surface area contributed by atoms with Crippen molar-refractivity contribution in [3.8, 4) is 11.1 Å². The first-order chi connectivity index (χ1) is 11.3. The zero-order valence-electron chi connectivity index (χ0n) is 14.2. The molecule has 1 aliphatic rings. The summed E-state index contributed by atoms with van der Waals surface area (Å²) in [7, 11) is 0. The third-order valence-electron chi connectivity index (χ3n) is 3.94. The fourth-order valence-electron chi connectivity index (χ4n) is 2.80. The van der Waals surface area contributed by atoms with E-state index in [9.17, 15) is 9.18 Å². The van der Waals surface area contributed by atoms with Crippen molar-refractivity contribution < 1.29 is 13.9 Å². The van der Waals surface area contributed by atoms with E-state index in [2.05, 4.69) is 4.98 Å². The molecule has 0 fully saturated rings. The molecule has 0 aliphatic carbocycles. The highest BCUT2D eigenvalue weighted by molar-refractivity contribution is 5.69. The molecule has 24 heavy (non-hydrogen) atoms. The number of ether oxygens (including phenoxy) is 1. The number of carbonyl (C=O) groups is 1. The first kappa shape index (κ1) is 16.4. The van der Waals surface area contributed by atoms with Crippen molar-refractivity contribution in [1.29, 1.82) is 0 Å². The van der Waals surface area contributed by atoms with Crippen LogP contribution in [0.1, 0.15) is 31.9 Å². The Morgan fingerprint density at radius 2 is 2.04 bits per heavy atom. The van der Waals surface area contributed by atoms with Gasteiger partial charge in [0.15, 0.2) is 0 Å². The number of hydrogen-bond donors (Lipinski definition) is 0. The van der Waals surface area contributed by atoms with Crippen LogP contribution in [0.4, 0.5) is 9.18 Å². The highest BCUT2D eigenvalue weighted by Gasteiger charge is 2.25. The molecule has 1 amide bonds. The molecule has 0 radical (unpaired) electrons. The Morgan fingerprint density at radius 3 is 2.75 bits per heavy atom. The number of nitrogens with zero attached hydrogens (tertiary/aromatic N) is 2. The lowest BCUT2D eigenvalue weighted by molar-refractivity contribution is 0.0224. The molecule has 0 spiro atoms. The third kappa shape index (κ3) is 3.55. The number of benzene rings is 1. The monoisotopic (exact) mass is 328 g/mol. The molecule has 126 valence electrons. The van der Waals surface area contributed by atoms with E-state index in [0.29, 0.717) is 18.7 Å². The van der Waals surface area contributed by atoms with Gasteiger partial charge in [-0.3, -0.25) is 0 Å². The van der Waals surface area contributed by atoms with Crippen LogP contribution in [-0.2, 0) is 17.7 Å². The lowest BCUT2D eigenvalue weighted by Gasteiger charge is -2.31. The predicted octanol–water partition coefficient (Wildman–Crippen LogP) is 4.18. The number of halogens is 1. The summed E-state index contributed by atoms with van der Waals surface area (Å²) in [6.45, 7) is 6.69. The van der Waals surface area contributed by atoms with E-state index in [1.165, 1.54) is 6.20 Å². The fraction of sp³-hybridized carbons (Fsp3) is 0.368. The molecule has 4 nitrogen and oxygen atoms in total. The van der Waals surface area contributed by atoms with Crippen molar-refractivity contribution in [3.63, 3.8) is 0 Å². The summed E-state index contributed by atoms with van der Waals surface area (Å²) in [4.78, 5) is 17.6. The Balaban J connectivity index is 1.80. The van der Waals surface area contributed by atoms with Gasteiger partial charge in [-0.05, 0) is 56.0 Å². The van der Waals surface area contributed by atoms with Gasteiger partial charge in [-0.2, -0.15) is 4.39 Å². The van der Waals surface area contributed by atoms with Gasteiger partial charge in [-0.15, -0.1) is 0 Å². The van der Waals surface area contributed by atoms with E-state index in [0.717, 1.165) is 23.1 Å². The number of rotatable bonds is 1. The van der Waals surface area contributed by atoms with Crippen LogP contribution in [0, 0.1) is 5.95 Å². The van der Waals surface area contributed by atoms with Crippen molar-refractivity contribution in [2.45, 2.75) is 39.3 Å². The van der Waals surface area contributed by atoms with Crippen LogP contribution >= 0.6 is 0 Å². The van der Waals surface area contributed by atoms with Crippen LogP contribution in [0.2, 0.25) is 0 Å². The minimum atomic E-state index is -0.501. The van der Waals surface area contributed by atoms with Gasteiger partial charge in [0.25, 0.3) is 0 Å². The zero-order valence-corrected chi connectivity index (χ0v) is 14.2. The largest absolute Gasteiger partial charge is 0.444 e. The molecule has 1 aliphatic heterocycles. The molecular formula is C19H21FN2O2. The van der Waals surface area contributed by atoms with Crippen molar-refractivity contribution >= 4 is 6.09 Å². The van der Waals surface area contributed by atoms with Crippen LogP contribution in [0.5, 0.6) is 0 Å². The van der Waals surface area contributed by atoms with Gasteiger partial charge >= 0.3 is 6.09 Å². The van der Waals surface area contributed by atoms with Crippen LogP contribution in [0.25, 0.3) is 11.1 Å². The standard InChI is InChI=1S/C19H21FN2O2/c1-19(2,3)24-18(23)22-10-8-13-11-14(6-7-15(13)12-22)16-5-4-9-21-17(16)20/h4-7,9,11H,8,10,12H2,1-3H3. The Labute approximate surface area is 141 Å². The Morgan fingerprint density at radius 1 is 1.25 bits per heavy atom. The molecule has 0 N–H and O–H groups in total. The second-order valence-electron chi connectivity index (χ2n) is 6.98. The van der Waals surface area contributed by atoms with E-state index in [1.807, 2.05) is 39.0 Å². The Bertz CT molecular complexity index is 768. The summed E-state index contributed by atoms with van der Waals surface area (Å²) >= 11 is 0. The Kier molecular flexibility index (Phi) is 4.26. The van der Waals surface area contributed by atoms with Gasteiger partial charge in [-0.25, -0.2) is 9.78 Å². The van der Waals surface area contributed by atoms with Gasteiger partial charge in [0.05, 0.1) is 0 Å². The van der Waals surface area contributed by atoms with Crippen molar-refractivity contribution in [3.05, 3.63) is 53.6 Å². The van der Waals surface area contributed by atoms with E-state index < -0.39 is 11.5 Å². The molecule has 0 unspecified atom stereocenters. The normalized spacial score (nSPS) is 14.2. The third-order valence-corrected chi connectivity index (χ3v) is 3.94. The van der Waals surface area contributed by atoms with Crippen molar-refractivity contribution in [2.75, 3.05) is 6.54 Å². The molecule has 5 heteroatoms. The predicted molar refractivity (Wildman–Crippen MR) is 90.0 cm³/mol. The van der Waals surface area contributed by atoms with Gasteiger partial charge in [0.2, 0.25) is 5.95 Å². The maximum atomic E-state index is 13.9. The van der Waals surface area contributed by atoms with E-state index in [4.69, 9.17) is 4.74 Å². The number of pyridine rings is 1. The molecule has 0 bridgehead atoms. The van der Waals surface area contributed by atoms with E-state index >= 15 is 0 Å². The molecule has 2 heterocycles. The van der Waals surface area contributed by atoms with Crippen LogP contribution < -0.4 is 0 Å². The zero-order chi connectivity index (χ0) is 17.3. The molecular weight excluding hydrogens is 307 g/mol. The van der Waals surface area contributed by atoms with Gasteiger partial charge in [-0.1, -0.05) is 18.2 Å².